The van der Waals surface area contributed by atoms with Crippen molar-refractivity contribution in [3.05, 3.63) is 0 Å². The summed E-state index contributed by atoms with van der Waals surface area (Å²) in [5.74, 6) is 0. The summed E-state index contributed by atoms with van der Waals surface area (Å²) in [7, 11) is -3.26. The van der Waals surface area contributed by atoms with Gasteiger partial charge < -0.3 is 0 Å². The van der Waals surface area contributed by atoms with Crippen LogP contribution in [-0.2, 0) is 14.3 Å². The molecule has 11 heavy (non-hydrogen) atoms. The molecule has 0 N–H and O–H groups in total. The first-order valence-corrected chi connectivity index (χ1v) is 5.41. The van der Waals surface area contributed by atoms with Crippen molar-refractivity contribution in [3.8, 4) is 0 Å². The fourth-order valence-electron chi connectivity index (χ4n) is 0.768. The van der Waals surface area contributed by atoms with Crippen LogP contribution < -0.4 is 0 Å². The second-order valence-electron chi connectivity index (χ2n) is 3.19. The first kappa shape index (κ1) is 9.00. The summed E-state index contributed by atoms with van der Waals surface area (Å²) in [5.41, 5.74) is 0. The van der Waals surface area contributed by atoms with E-state index >= 15 is 0 Å². The highest BCUT2D eigenvalue weighted by atomic mass is 32.2. The minimum Gasteiger partial charge on any atom is -0.267 e. The molecule has 0 aromatic rings. The predicted octanol–water partition coefficient (Wildman–Crippen LogP) is 1.29. The van der Waals surface area contributed by atoms with Gasteiger partial charge in [0.05, 0.1) is 11.4 Å². The van der Waals surface area contributed by atoms with Crippen LogP contribution in [0.3, 0.4) is 0 Å². The van der Waals surface area contributed by atoms with E-state index in [1.807, 2.05) is 0 Å². The Hall–Kier alpha value is -0.0900. The van der Waals surface area contributed by atoms with Gasteiger partial charge in [0.15, 0.2) is 0 Å². The van der Waals surface area contributed by atoms with Gasteiger partial charge in [-0.15, -0.1) is 0 Å². The van der Waals surface area contributed by atoms with Gasteiger partial charge in [0, 0.05) is 0 Å². The molecule has 1 saturated carbocycles. The minimum atomic E-state index is -3.26. The Morgan fingerprint density at radius 2 is 1.91 bits per heavy atom. The Balaban J connectivity index is 2.46. The second-order valence-corrected chi connectivity index (χ2v) is 5.31. The molecule has 0 aromatic carbocycles. The number of hydrogen-bond donors (Lipinski definition) is 0. The zero-order valence-electron chi connectivity index (χ0n) is 6.91. The van der Waals surface area contributed by atoms with Crippen molar-refractivity contribution >= 4 is 10.1 Å². The van der Waals surface area contributed by atoms with Crippen molar-refractivity contribution in [2.24, 2.45) is 0 Å². The molecule has 3 nitrogen and oxygen atoms in total. The van der Waals surface area contributed by atoms with Crippen LogP contribution in [0.5, 0.6) is 0 Å². The topological polar surface area (TPSA) is 43.4 Å². The van der Waals surface area contributed by atoms with E-state index in [0.29, 0.717) is 0 Å². The highest BCUT2D eigenvalue weighted by molar-refractivity contribution is 7.87. The number of rotatable bonds is 3. The van der Waals surface area contributed by atoms with Gasteiger partial charge in [-0.2, -0.15) is 8.42 Å². The molecule has 0 unspecified atom stereocenters. The summed E-state index contributed by atoms with van der Waals surface area (Å²) in [6.07, 6.45) is 2.86. The maximum Gasteiger partial charge on any atom is 0.269 e. The molecule has 1 rings (SSSR count). The average molecular weight is 178 g/mol. The molecule has 1 aliphatic carbocycles. The Morgan fingerprint density at radius 3 is 2.18 bits per heavy atom. The largest absolute Gasteiger partial charge is 0.269 e. The summed E-state index contributed by atoms with van der Waals surface area (Å²) in [5, 5.41) is -0.414. The van der Waals surface area contributed by atoms with Gasteiger partial charge in [0.25, 0.3) is 10.1 Å². The van der Waals surface area contributed by atoms with Gasteiger partial charge in [0.2, 0.25) is 0 Å². The molecule has 0 spiro atoms. The molecule has 0 atom stereocenters. The van der Waals surface area contributed by atoms with E-state index in [4.69, 9.17) is 4.18 Å². The summed E-state index contributed by atoms with van der Waals surface area (Å²) < 4.78 is 27.1. The van der Waals surface area contributed by atoms with E-state index in [1.165, 1.54) is 0 Å². The molecule has 66 valence electrons. The average Bonchev–Trinajstić information content (AvgIpc) is 1.79. The van der Waals surface area contributed by atoms with E-state index < -0.39 is 15.4 Å². The Bertz CT molecular complexity index is 214. The number of hydrogen-bond acceptors (Lipinski definition) is 3. The lowest BCUT2D eigenvalue weighted by atomic mass is 9.97. The fraction of sp³-hybridized carbons (Fsp3) is 1.00. The van der Waals surface area contributed by atoms with E-state index in [9.17, 15) is 8.42 Å². The monoisotopic (exact) mass is 178 g/mol. The van der Waals surface area contributed by atoms with E-state index in [0.717, 1.165) is 19.3 Å². The van der Waals surface area contributed by atoms with Gasteiger partial charge in [-0.3, -0.25) is 4.18 Å². The van der Waals surface area contributed by atoms with Gasteiger partial charge in [0.1, 0.15) is 0 Å². The van der Waals surface area contributed by atoms with Gasteiger partial charge >= 0.3 is 0 Å². The fourth-order valence-corrected chi connectivity index (χ4v) is 1.56. The highest BCUT2D eigenvalue weighted by Gasteiger charge is 2.26. The molecule has 0 bridgehead atoms. The molecule has 0 amide bonds. The van der Waals surface area contributed by atoms with Crippen LogP contribution in [-0.4, -0.2) is 19.8 Å². The molecule has 1 fully saturated rings. The van der Waals surface area contributed by atoms with Crippen LogP contribution in [0.2, 0.25) is 0 Å². The Labute approximate surface area is 67.9 Å². The van der Waals surface area contributed by atoms with Crippen molar-refractivity contribution in [1.82, 2.24) is 0 Å². The smallest absolute Gasteiger partial charge is 0.267 e. The van der Waals surface area contributed by atoms with Crippen molar-refractivity contribution in [2.75, 3.05) is 0 Å². The van der Waals surface area contributed by atoms with E-state index in [-0.39, 0.29) is 6.10 Å². The van der Waals surface area contributed by atoms with Crippen molar-refractivity contribution < 1.29 is 12.6 Å². The van der Waals surface area contributed by atoms with Crippen molar-refractivity contribution in [3.63, 3.8) is 0 Å². The van der Waals surface area contributed by atoms with Crippen LogP contribution in [0.25, 0.3) is 0 Å². The lowest BCUT2D eigenvalue weighted by Crippen LogP contribution is -2.29. The Kier molecular flexibility index (Phi) is 2.54. The zero-order valence-corrected chi connectivity index (χ0v) is 7.73. The third kappa shape index (κ3) is 2.17. The molecule has 0 heterocycles. The normalized spacial score (nSPS) is 20.3. The van der Waals surface area contributed by atoms with Gasteiger partial charge in [-0.05, 0) is 33.1 Å². The minimum absolute atomic E-state index is 0.0256. The second kappa shape index (κ2) is 3.11. The maximum atomic E-state index is 11.1. The molecule has 4 heteroatoms. The van der Waals surface area contributed by atoms with Crippen LogP contribution in [0.1, 0.15) is 33.1 Å². The standard InChI is InChI=1S/C7H14O3S/c1-6(2)11(8,9)10-7-4-3-5-7/h6-7H,3-5H2,1-2H3. The van der Waals surface area contributed by atoms with E-state index in [1.54, 1.807) is 13.8 Å². The third-order valence-corrected chi connectivity index (χ3v) is 3.59. The van der Waals surface area contributed by atoms with Gasteiger partial charge in [-0.25, -0.2) is 0 Å². The van der Waals surface area contributed by atoms with Gasteiger partial charge in [-0.1, -0.05) is 0 Å². The van der Waals surface area contributed by atoms with Crippen LogP contribution in [0.15, 0.2) is 0 Å². The van der Waals surface area contributed by atoms with Crippen LogP contribution >= 0.6 is 0 Å². The quantitative estimate of drug-likeness (QED) is 0.612. The summed E-state index contributed by atoms with van der Waals surface area (Å²) in [6.45, 7) is 3.27. The van der Waals surface area contributed by atoms with Crippen LogP contribution in [0, 0.1) is 0 Å². The zero-order chi connectivity index (χ0) is 8.48. The summed E-state index contributed by atoms with van der Waals surface area (Å²) in [4.78, 5) is 0. The molecule has 0 radical (unpaired) electrons. The molecular weight excluding hydrogens is 164 g/mol. The van der Waals surface area contributed by atoms with Crippen molar-refractivity contribution in [1.29, 1.82) is 0 Å². The molecular formula is C7H14O3S. The SMILES string of the molecule is CC(C)S(=O)(=O)OC1CCC1. The Morgan fingerprint density at radius 1 is 1.36 bits per heavy atom. The molecule has 0 aliphatic heterocycles. The first-order chi connectivity index (χ1) is 5.02. The van der Waals surface area contributed by atoms with Crippen LogP contribution in [0.4, 0.5) is 0 Å². The summed E-state index contributed by atoms with van der Waals surface area (Å²) >= 11 is 0. The summed E-state index contributed by atoms with van der Waals surface area (Å²) in [6, 6.07) is 0. The highest BCUT2D eigenvalue weighted by Crippen LogP contribution is 2.24. The first-order valence-electron chi connectivity index (χ1n) is 3.94. The molecule has 1 aliphatic rings. The maximum absolute atomic E-state index is 11.1. The lowest BCUT2D eigenvalue weighted by Gasteiger charge is -2.25. The predicted molar refractivity (Wildman–Crippen MR) is 42.8 cm³/mol. The van der Waals surface area contributed by atoms with E-state index in [2.05, 4.69) is 0 Å². The van der Waals surface area contributed by atoms with Crippen molar-refractivity contribution in [2.45, 2.75) is 44.5 Å². The third-order valence-electron chi connectivity index (χ3n) is 1.90. The molecule has 0 saturated heterocycles. The molecule has 0 aromatic heterocycles. The lowest BCUT2D eigenvalue weighted by molar-refractivity contribution is 0.126.